The Morgan fingerprint density at radius 2 is 2.00 bits per heavy atom. The minimum Gasteiger partial charge on any atom is -0.481 e. The van der Waals surface area contributed by atoms with Crippen molar-refractivity contribution in [3.63, 3.8) is 0 Å². The fraction of sp³-hybridized carbons (Fsp3) is 0.909. The first-order valence-corrected chi connectivity index (χ1v) is 5.45. The highest BCUT2D eigenvalue weighted by Gasteiger charge is 2.14. The van der Waals surface area contributed by atoms with Crippen molar-refractivity contribution >= 4 is 5.97 Å². The number of methoxy groups -OCH3 is 1. The predicted molar refractivity (Wildman–Crippen MR) is 60.1 cm³/mol. The first-order chi connectivity index (χ1) is 6.98. The van der Waals surface area contributed by atoms with E-state index in [1.54, 1.807) is 7.11 Å². The van der Waals surface area contributed by atoms with E-state index in [9.17, 15) is 4.79 Å². The number of carbonyl (C=O) groups is 1. The molecule has 0 fully saturated rings. The molecule has 4 heteroatoms. The number of ether oxygens (including phenoxy) is 1. The zero-order chi connectivity index (χ0) is 11.7. The molecule has 0 radical (unpaired) electrons. The van der Waals surface area contributed by atoms with Gasteiger partial charge in [-0.1, -0.05) is 6.42 Å². The van der Waals surface area contributed by atoms with E-state index in [2.05, 4.69) is 5.32 Å². The zero-order valence-corrected chi connectivity index (χ0v) is 10.0. The summed E-state index contributed by atoms with van der Waals surface area (Å²) in [6.45, 7) is 5.81. The third kappa shape index (κ3) is 9.69. The number of unbranched alkanes of at least 4 members (excludes halogenated alkanes) is 2. The van der Waals surface area contributed by atoms with E-state index < -0.39 is 5.97 Å². The summed E-state index contributed by atoms with van der Waals surface area (Å²) in [5.41, 5.74) is -0.124. The van der Waals surface area contributed by atoms with Crippen LogP contribution in [0.5, 0.6) is 0 Å². The van der Waals surface area contributed by atoms with E-state index in [0.29, 0.717) is 0 Å². The highest BCUT2D eigenvalue weighted by Crippen LogP contribution is 2.05. The van der Waals surface area contributed by atoms with E-state index >= 15 is 0 Å². The molecule has 0 aromatic carbocycles. The highest BCUT2D eigenvalue weighted by molar-refractivity contribution is 5.66. The van der Waals surface area contributed by atoms with Crippen molar-refractivity contribution in [1.82, 2.24) is 5.32 Å². The smallest absolute Gasteiger partial charge is 0.303 e. The van der Waals surface area contributed by atoms with Crippen LogP contribution in [-0.4, -0.2) is 36.9 Å². The van der Waals surface area contributed by atoms with Gasteiger partial charge in [0.25, 0.3) is 0 Å². The normalized spacial score (nSPS) is 11.7. The average molecular weight is 217 g/mol. The summed E-state index contributed by atoms with van der Waals surface area (Å²) >= 11 is 0. The largest absolute Gasteiger partial charge is 0.481 e. The quantitative estimate of drug-likeness (QED) is 0.576. The lowest BCUT2D eigenvalue weighted by molar-refractivity contribution is -0.137. The molecule has 0 aromatic heterocycles. The van der Waals surface area contributed by atoms with Crippen LogP contribution in [-0.2, 0) is 9.53 Å². The molecule has 15 heavy (non-hydrogen) atoms. The van der Waals surface area contributed by atoms with Crippen molar-refractivity contribution in [2.24, 2.45) is 0 Å². The number of rotatable bonds is 9. The van der Waals surface area contributed by atoms with Crippen LogP contribution in [0.2, 0.25) is 0 Å². The van der Waals surface area contributed by atoms with E-state index in [0.717, 1.165) is 32.4 Å². The second-order valence-corrected chi connectivity index (χ2v) is 4.34. The molecule has 0 amide bonds. The van der Waals surface area contributed by atoms with E-state index in [1.807, 2.05) is 13.8 Å². The Balaban J connectivity index is 3.22. The predicted octanol–water partition coefficient (Wildman–Crippen LogP) is 1.65. The number of hydrogen-bond donors (Lipinski definition) is 2. The molecule has 4 nitrogen and oxygen atoms in total. The van der Waals surface area contributed by atoms with Crippen LogP contribution < -0.4 is 5.32 Å². The van der Waals surface area contributed by atoms with Crippen LogP contribution in [0.25, 0.3) is 0 Å². The average Bonchev–Trinajstić information content (AvgIpc) is 2.16. The number of aliphatic carboxylic acids is 1. The summed E-state index contributed by atoms with van der Waals surface area (Å²) in [4.78, 5) is 10.2. The summed E-state index contributed by atoms with van der Waals surface area (Å²) < 4.78 is 5.26. The van der Waals surface area contributed by atoms with Gasteiger partial charge in [-0.2, -0.15) is 0 Å². The van der Waals surface area contributed by atoms with Crippen LogP contribution in [0.3, 0.4) is 0 Å². The molecule has 0 rings (SSSR count). The summed E-state index contributed by atoms with van der Waals surface area (Å²) in [5, 5.41) is 11.7. The Labute approximate surface area is 92.0 Å². The van der Waals surface area contributed by atoms with E-state index in [1.165, 1.54) is 0 Å². The summed E-state index contributed by atoms with van der Waals surface area (Å²) in [6.07, 6.45) is 3.04. The van der Waals surface area contributed by atoms with Crippen molar-refractivity contribution in [2.75, 3.05) is 20.2 Å². The molecule has 0 bridgehead atoms. The maximum atomic E-state index is 10.2. The minimum atomic E-state index is -0.705. The molecule has 0 spiro atoms. The number of hydrogen-bond acceptors (Lipinski definition) is 3. The first-order valence-electron chi connectivity index (χ1n) is 5.45. The second-order valence-electron chi connectivity index (χ2n) is 4.34. The van der Waals surface area contributed by atoms with Gasteiger partial charge in [0.1, 0.15) is 0 Å². The Bertz CT molecular complexity index is 181. The summed E-state index contributed by atoms with van der Waals surface area (Å²) in [6, 6.07) is 0. The maximum absolute atomic E-state index is 10.2. The second kappa shape index (κ2) is 7.65. The molecular formula is C11H23NO3. The molecule has 0 unspecified atom stereocenters. The monoisotopic (exact) mass is 217 g/mol. The van der Waals surface area contributed by atoms with Gasteiger partial charge < -0.3 is 15.2 Å². The molecule has 0 heterocycles. The molecule has 0 aliphatic rings. The molecule has 0 aliphatic heterocycles. The lowest BCUT2D eigenvalue weighted by atomic mass is 10.1. The highest BCUT2D eigenvalue weighted by atomic mass is 16.5. The SMILES string of the molecule is COC(C)(C)CNCCCCCC(=O)O. The standard InChI is InChI=1S/C11H23NO3/c1-11(2,15-3)9-12-8-6-4-5-7-10(13)14/h12H,4-9H2,1-3H3,(H,13,14). The molecule has 0 atom stereocenters. The van der Waals surface area contributed by atoms with Crippen molar-refractivity contribution in [2.45, 2.75) is 45.1 Å². The topological polar surface area (TPSA) is 58.6 Å². The van der Waals surface area contributed by atoms with Gasteiger partial charge in [0, 0.05) is 20.1 Å². The van der Waals surface area contributed by atoms with Gasteiger partial charge in [-0.15, -0.1) is 0 Å². The Kier molecular flexibility index (Phi) is 7.34. The fourth-order valence-electron chi connectivity index (χ4n) is 1.16. The van der Waals surface area contributed by atoms with Gasteiger partial charge in [0.15, 0.2) is 0 Å². The van der Waals surface area contributed by atoms with Gasteiger partial charge in [-0.3, -0.25) is 4.79 Å². The van der Waals surface area contributed by atoms with Gasteiger partial charge in [-0.05, 0) is 33.2 Å². The lowest BCUT2D eigenvalue weighted by Gasteiger charge is -2.23. The molecule has 0 aromatic rings. The van der Waals surface area contributed by atoms with Crippen LogP contribution in [0.1, 0.15) is 39.5 Å². The van der Waals surface area contributed by atoms with Crippen LogP contribution in [0, 0.1) is 0 Å². The zero-order valence-electron chi connectivity index (χ0n) is 10.0. The van der Waals surface area contributed by atoms with Crippen molar-refractivity contribution in [3.05, 3.63) is 0 Å². The fourth-order valence-corrected chi connectivity index (χ4v) is 1.16. The third-order valence-electron chi connectivity index (χ3n) is 2.35. The Hall–Kier alpha value is -0.610. The lowest BCUT2D eigenvalue weighted by Crippen LogP contribution is -2.37. The van der Waals surface area contributed by atoms with Crippen molar-refractivity contribution < 1.29 is 14.6 Å². The van der Waals surface area contributed by atoms with Crippen molar-refractivity contribution in [3.8, 4) is 0 Å². The summed E-state index contributed by atoms with van der Waals surface area (Å²) in [7, 11) is 1.70. The third-order valence-corrected chi connectivity index (χ3v) is 2.35. The van der Waals surface area contributed by atoms with Crippen LogP contribution in [0.4, 0.5) is 0 Å². The number of nitrogens with one attached hydrogen (secondary N) is 1. The molecular weight excluding hydrogens is 194 g/mol. The maximum Gasteiger partial charge on any atom is 0.303 e. The van der Waals surface area contributed by atoms with Gasteiger partial charge in [0.2, 0.25) is 0 Å². The molecule has 0 saturated carbocycles. The van der Waals surface area contributed by atoms with Crippen molar-refractivity contribution in [1.29, 1.82) is 0 Å². The van der Waals surface area contributed by atoms with E-state index in [4.69, 9.17) is 9.84 Å². The molecule has 2 N–H and O–H groups in total. The Morgan fingerprint density at radius 1 is 1.33 bits per heavy atom. The minimum absolute atomic E-state index is 0.124. The number of carboxylic acids is 1. The van der Waals surface area contributed by atoms with Gasteiger partial charge in [-0.25, -0.2) is 0 Å². The van der Waals surface area contributed by atoms with Crippen LogP contribution >= 0.6 is 0 Å². The molecule has 90 valence electrons. The summed E-state index contributed by atoms with van der Waals surface area (Å²) in [5.74, 6) is -0.705. The van der Waals surface area contributed by atoms with Gasteiger partial charge in [0.05, 0.1) is 5.60 Å². The molecule has 0 aliphatic carbocycles. The van der Waals surface area contributed by atoms with E-state index in [-0.39, 0.29) is 12.0 Å². The van der Waals surface area contributed by atoms with Crippen LogP contribution in [0.15, 0.2) is 0 Å². The first kappa shape index (κ1) is 14.4. The molecule has 0 saturated heterocycles. The number of carboxylic acid groups (broad SMARTS) is 1. The Morgan fingerprint density at radius 3 is 2.53 bits per heavy atom. The van der Waals surface area contributed by atoms with Gasteiger partial charge >= 0.3 is 5.97 Å².